The van der Waals surface area contributed by atoms with Gasteiger partial charge in [-0.05, 0) is 18.6 Å². The highest BCUT2D eigenvalue weighted by Crippen LogP contribution is 2.33. The SMILES string of the molecule is COc1ccc(C)c(N)c1O. The summed E-state index contributed by atoms with van der Waals surface area (Å²) in [6, 6.07) is 3.48. The van der Waals surface area contributed by atoms with E-state index in [1.807, 2.05) is 6.92 Å². The monoisotopic (exact) mass is 153 g/mol. The van der Waals surface area contributed by atoms with Crippen molar-refractivity contribution in [3.05, 3.63) is 17.7 Å². The molecule has 0 spiro atoms. The van der Waals surface area contributed by atoms with Crippen LogP contribution in [0.4, 0.5) is 5.69 Å². The maximum absolute atomic E-state index is 9.33. The summed E-state index contributed by atoms with van der Waals surface area (Å²) in [5.74, 6) is 0.431. The first-order valence-electron chi connectivity index (χ1n) is 3.29. The fraction of sp³-hybridized carbons (Fsp3) is 0.250. The van der Waals surface area contributed by atoms with Gasteiger partial charge in [0.15, 0.2) is 11.5 Å². The molecule has 1 aromatic rings. The Kier molecular flexibility index (Phi) is 1.89. The van der Waals surface area contributed by atoms with Crippen molar-refractivity contribution in [2.24, 2.45) is 0 Å². The minimum Gasteiger partial charge on any atom is -0.503 e. The molecule has 0 bridgehead atoms. The van der Waals surface area contributed by atoms with Gasteiger partial charge < -0.3 is 15.6 Å². The van der Waals surface area contributed by atoms with E-state index in [4.69, 9.17) is 10.5 Å². The van der Waals surface area contributed by atoms with E-state index in [-0.39, 0.29) is 5.75 Å². The van der Waals surface area contributed by atoms with Gasteiger partial charge in [-0.3, -0.25) is 0 Å². The molecule has 1 rings (SSSR count). The number of nitrogen functional groups attached to an aromatic ring is 1. The van der Waals surface area contributed by atoms with Gasteiger partial charge in [0.05, 0.1) is 12.8 Å². The minimum atomic E-state index is 0.0208. The Hall–Kier alpha value is -1.38. The Morgan fingerprint density at radius 3 is 2.64 bits per heavy atom. The van der Waals surface area contributed by atoms with Crippen LogP contribution >= 0.6 is 0 Å². The van der Waals surface area contributed by atoms with Crippen molar-refractivity contribution in [2.75, 3.05) is 12.8 Å². The molecular formula is C8H11NO2. The van der Waals surface area contributed by atoms with Gasteiger partial charge in [-0.1, -0.05) is 6.07 Å². The van der Waals surface area contributed by atoms with Crippen LogP contribution in [0.1, 0.15) is 5.56 Å². The largest absolute Gasteiger partial charge is 0.503 e. The third-order valence-electron chi connectivity index (χ3n) is 1.62. The van der Waals surface area contributed by atoms with Gasteiger partial charge in [-0.2, -0.15) is 0 Å². The van der Waals surface area contributed by atoms with E-state index in [0.29, 0.717) is 11.4 Å². The number of hydrogen-bond acceptors (Lipinski definition) is 3. The summed E-state index contributed by atoms with van der Waals surface area (Å²) >= 11 is 0. The highest BCUT2D eigenvalue weighted by molar-refractivity contribution is 5.63. The molecule has 0 fully saturated rings. The lowest BCUT2D eigenvalue weighted by Gasteiger charge is -2.06. The van der Waals surface area contributed by atoms with Crippen LogP contribution in [0.3, 0.4) is 0 Å². The van der Waals surface area contributed by atoms with Gasteiger partial charge in [-0.15, -0.1) is 0 Å². The number of aromatic hydroxyl groups is 1. The van der Waals surface area contributed by atoms with E-state index in [9.17, 15) is 5.11 Å². The van der Waals surface area contributed by atoms with Crippen LogP contribution in [-0.4, -0.2) is 12.2 Å². The summed E-state index contributed by atoms with van der Waals surface area (Å²) in [6.07, 6.45) is 0. The van der Waals surface area contributed by atoms with Gasteiger partial charge in [0.1, 0.15) is 0 Å². The highest BCUT2D eigenvalue weighted by Gasteiger charge is 2.05. The molecule has 0 atom stereocenters. The van der Waals surface area contributed by atoms with Gasteiger partial charge in [0.2, 0.25) is 0 Å². The van der Waals surface area contributed by atoms with Crippen molar-refractivity contribution in [3.63, 3.8) is 0 Å². The first-order chi connectivity index (χ1) is 5.16. The van der Waals surface area contributed by atoms with E-state index in [0.717, 1.165) is 5.56 Å². The zero-order valence-corrected chi connectivity index (χ0v) is 6.59. The molecule has 3 N–H and O–H groups in total. The molecule has 0 amide bonds. The average molecular weight is 153 g/mol. The minimum absolute atomic E-state index is 0.0208. The van der Waals surface area contributed by atoms with Gasteiger partial charge in [-0.25, -0.2) is 0 Å². The molecule has 0 saturated carbocycles. The van der Waals surface area contributed by atoms with Crippen LogP contribution in [-0.2, 0) is 0 Å². The Morgan fingerprint density at radius 1 is 1.45 bits per heavy atom. The lowest BCUT2D eigenvalue weighted by molar-refractivity contribution is 0.374. The predicted molar refractivity (Wildman–Crippen MR) is 43.8 cm³/mol. The molecule has 0 radical (unpaired) electrons. The molecule has 3 heteroatoms. The maximum atomic E-state index is 9.33. The number of phenols is 1. The molecule has 0 saturated heterocycles. The third kappa shape index (κ3) is 1.22. The van der Waals surface area contributed by atoms with E-state index >= 15 is 0 Å². The van der Waals surface area contributed by atoms with Gasteiger partial charge in [0, 0.05) is 0 Å². The maximum Gasteiger partial charge on any atom is 0.181 e. The molecule has 3 nitrogen and oxygen atoms in total. The van der Waals surface area contributed by atoms with E-state index in [1.54, 1.807) is 12.1 Å². The van der Waals surface area contributed by atoms with Gasteiger partial charge in [0.25, 0.3) is 0 Å². The molecule has 0 aliphatic rings. The predicted octanol–water partition coefficient (Wildman–Crippen LogP) is 1.29. The number of rotatable bonds is 1. The molecular weight excluding hydrogens is 142 g/mol. The zero-order chi connectivity index (χ0) is 8.43. The summed E-state index contributed by atoms with van der Waals surface area (Å²) in [4.78, 5) is 0. The van der Waals surface area contributed by atoms with Crippen molar-refractivity contribution in [1.29, 1.82) is 0 Å². The molecule has 11 heavy (non-hydrogen) atoms. The second-order valence-electron chi connectivity index (χ2n) is 2.35. The van der Waals surface area contributed by atoms with Crippen molar-refractivity contribution in [3.8, 4) is 11.5 Å². The molecule has 60 valence electrons. The number of benzene rings is 1. The Balaban J connectivity index is 3.25. The van der Waals surface area contributed by atoms with Crippen molar-refractivity contribution in [1.82, 2.24) is 0 Å². The molecule has 0 heterocycles. The average Bonchev–Trinajstić information content (AvgIpc) is 2.01. The van der Waals surface area contributed by atoms with Crippen LogP contribution < -0.4 is 10.5 Å². The summed E-state index contributed by atoms with van der Waals surface area (Å²) in [6.45, 7) is 1.83. The third-order valence-corrected chi connectivity index (χ3v) is 1.62. The normalized spacial score (nSPS) is 9.64. The summed E-state index contributed by atoms with van der Waals surface area (Å²) in [5, 5.41) is 9.33. The topological polar surface area (TPSA) is 55.5 Å². The second-order valence-corrected chi connectivity index (χ2v) is 2.35. The Morgan fingerprint density at radius 2 is 2.09 bits per heavy atom. The summed E-state index contributed by atoms with van der Waals surface area (Å²) in [7, 11) is 1.49. The number of aryl methyl sites for hydroxylation is 1. The van der Waals surface area contributed by atoms with Crippen LogP contribution in [0.25, 0.3) is 0 Å². The van der Waals surface area contributed by atoms with Crippen LogP contribution in [0.5, 0.6) is 11.5 Å². The molecule has 0 aliphatic carbocycles. The number of anilines is 1. The Labute approximate surface area is 65.4 Å². The van der Waals surface area contributed by atoms with E-state index < -0.39 is 0 Å². The highest BCUT2D eigenvalue weighted by atomic mass is 16.5. The van der Waals surface area contributed by atoms with Crippen molar-refractivity contribution < 1.29 is 9.84 Å². The smallest absolute Gasteiger partial charge is 0.181 e. The number of hydrogen-bond donors (Lipinski definition) is 2. The lowest BCUT2D eigenvalue weighted by Crippen LogP contribution is -1.92. The number of ether oxygens (including phenoxy) is 1. The summed E-state index contributed by atoms with van der Waals surface area (Å²) < 4.78 is 4.85. The molecule has 0 aromatic heterocycles. The number of nitrogens with two attached hydrogens (primary N) is 1. The standard InChI is InChI=1S/C8H11NO2/c1-5-3-4-6(11-2)8(10)7(5)9/h3-4,10H,9H2,1-2H3. The van der Waals surface area contributed by atoms with Crippen LogP contribution in [0.15, 0.2) is 12.1 Å². The first kappa shape index (κ1) is 7.72. The van der Waals surface area contributed by atoms with E-state index in [2.05, 4.69) is 0 Å². The fourth-order valence-corrected chi connectivity index (χ4v) is 0.854. The zero-order valence-electron chi connectivity index (χ0n) is 6.59. The van der Waals surface area contributed by atoms with Gasteiger partial charge >= 0.3 is 0 Å². The Bertz CT molecular complexity index is 271. The molecule has 0 aliphatic heterocycles. The second kappa shape index (κ2) is 2.70. The van der Waals surface area contributed by atoms with Crippen molar-refractivity contribution in [2.45, 2.75) is 6.92 Å². The molecule has 1 aromatic carbocycles. The fourth-order valence-electron chi connectivity index (χ4n) is 0.854. The molecule has 0 unspecified atom stereocenters. The number of phenolic OH excluding ortho intramolecular Hbond substituents is 1. The van der Waals surface area contributed by atoms with Crippen molar-refractivity contribution >= 4 is 5.69 Å². The van der Waals surface area contributed by atoms with Crippen LogP contribution in [0.2, 0.25) is 0 Å². The first-order valence-corrected chi connectivity index (χ1v) is 3.29. The quantitative estimate of drug-likeness (QED) is 0.472. The van der Waals surface area contributed by atoms with E-state index in [1.165, 1.54) is 7.11 Å². The number of methoxy groups -OCH3 is 1. The lowest BCUT2D eigenvalue weighted by atomic mass is 10.2. The van der Waals surface area contributed by atoms with Crippen LogP contribution in [0, 0.1) is 6.92 Å². The summed E-state index contributed by atoms with van der Waals surface area (Å²) in [5.41, 5.74) is 6.76.